The van der Waals surface area contributed by atoms with Gasteiger partial charge in [-0.2, -0.15) is 0 Å². The molecule has 1 unspecified atom stereocenters. The molecule has 2 aromatic rings. The quantitative estimate of drug-likeness (QED) is 0.834. The van der Waals surface area contributed by atoms with Crippen LogP contribution >= 0.6 is 0 Å². The molecule has 18 heavy (non-hydrogen) atoms. The Labute approximate surface area is 108 Å². The van der Waals surface area contributed by atoms with Crippen molar-refractivity contribution in [2.75, 3.05) is 5.73 Å². The van der Waals surface area contributed by atoms with Gasteiger partial charge in [-0.3, -0.25) is 0 Å². The molecule has 0 aliphatic carbocycles. The standard InChI is InChI=1S/C15H19N3/c1-10-4-3-5-12(8-10)14-15(16)18-9-11(2)6-7-13(18)17-14/h3-5,8,11H,6-7,9,16H2,1-2H3. The number of anilines is 1. The average Bonchev–Trinajstić information content (AvgIpc) is 2.67. The Morgan fingerprint density at radius 3 is 3.00 bits per heavy atom. The molecule has 0 bridgehead atoms. The van der Waals surface area contributed by atoms with E-state index in [1.54, 1.807) is 0 Å². The molecule has 0 amide bonds. The molecule has 3 nitrogen and oxygen atoms in total. The summed E-state index contributed by atoms with van der Waals surface area (Å²) in [7, 11) is 0. The van der Waals surface area contributed by atoms with Crippen molar-refractivity contribution in [2.45, 2.75) is 33.2 Å². The summed E-state index contributed by atoms with van der Waals surface area (Å²) >= 11 is 0. The van der Waals surface area contributed by atoms with Gasteiger partial charge in [0.2, 0.25) is 0 Å². The maximum absolute atomic E-state index is 6.27. The molecule has 2 N–H and O–H groups in total. The summed E-state index contributed by atoms with van der Waals surface area (Å²) in [6, 6.07) is 8.39. The second-order valence-corrected chi connectivity index (χ2v) is 5.39. The van der Waals surface area contributed by atoms with Crippen LogP contribution in [0.5, 0.6) is 0 Å². The Balaban J connectivity index is 2.09. The van der Waals surface area contributed by atoms with Gasteiger partial charge in [-0.1, -0.05) is 30.7 Å². The second kappa shape index (κ2) is 4.16. The van der Waals surface area contributed by atoms with E-state index in [-0.39, 0.29) is 0 Å². The number of rotatable bonds is 1. The molecule has 1 aliphatic heterocycles. The zero-order valence-electron chi connectivity index (χ0n) is 11.0. The predicted molar refractivity (Wildman–Crippen MR) is 74.3 cm³/mol. The normalized spacial score (nSPS) is 18.7. The van der Waals surface area contributed by atoms with Crippen molar-refractivity contribution in [1.82, 2.24) is 9.55 Å². The number of aryl methyl sites for hydroxylation is 2. The average molecular weight is 241 g/mol. The minimum absolute atomic E-state index is 0.694. The lowest BCUT2D eigenvalue weighted by molar-refractivity contribution is 0.397. The molecule has 1 aromatic carbocycles. The zero-order valence-corrected chi connectivity index (χ0v) is 11.0. The van der Waals surface area contributed by atoms with Crippen LogP contribution in [-0.4, -0.2) is 9.55 Å². The summed E-state index contributed by atoms with van der Waals surface area (Å²) < 4.78 is 2.19. The number of hydrogen-bond donors (Lipinski definition) is 1. The van der Waals surface area contributed by atoms with E-state index in [9.17, 15) is 0 Å². The highest BCUT2D eigenvalue weighted by Crippen LogP contribution is 2.31. The van der Waals surface area contributed by atoms with Crippen molar-refractivity contribution in [2.24, 2.45) is 5.92 Å². The molecule has 1 atom stereocenters. The third kappa shape index (κ3) is 1.80. The Hall–Kier alpha value is -1.77. The van der Waals surface area contributed by atoms with Crippen LogP contribution in [0.1, 0.15) is 24.7 Å². The van der Waals surface area contributed by atoms with E-state index in [0.717, 1.165) is 35.9 Å². The van der Waals surface area contributed by atoms with Gasteiger partial charge < -0.3 is 10.3 Å². The molecule has 3 rings (SSSR count). The maximum Gasteiger partial charge on any atom is 0.131 e. The van der Waals surface area contributed by atoms with E-state index in [2.05, 4.69) is 42.7 Å². The summed E-state index contributed by atoms with van der Waals surface area (Å²) in [5.41, 5.74) is 9.58. The number of nitrogen functional groups attached to an aromatic ring is 1. The van der Waals surface area contributed by atoms with Crippen molar-refractivity contribution in [3.8, 4) is 11.3 Å². The fourth-order valence-electron chi connectivity index (χ4n) is 2.69. The first kappa shape index (κ1) is 11.3. The Kier molecular flexibility index (Phi) is 2.62. The first-order valence-electron chi connectivity index (χ1n) is 6.57. The lowest BCUT2D eigenvalue weighted by atomic mass is 10.0. The maximum atomic E-state index is 6.27. The molecule has 2 heterocycles. The van der Waals surface area contributed by atoms with Crippen molar-refractivity contribution in [3.63, 3.8) is 0 Å². The minimum Gasteiger partial charge on any atom is -0.383 e. The molecule has 1 aliphatic rings. The van der Waals surface area contributed by atoms with Crippen LogP contribution in [0.3, 0.4) is 0 Å². The van der Waals surface area contributed by atoms with Gasteiger partial charge in [0, 0.05) is 18.5 Å². The fourth-order valence-corrected chi connectivity index (χ4v) is 2.69. The van der Waals surface area contributed by atoms with Gasteiger partial charge in [0.15, 0.2) is 0 Å². The highest BCUT2D eigenvalue weighted by Gasteiger charge is 2.21. The van der Waals surface area contributed by atoms with Gasteiger partial charge in [0.05, 0.1) is 0 Å². The van der Waals surface area contributed by atoms with E-state index in [0.29, 0.717) is 5.92 Å². The number of nitrogens with two attached hydrogens (primary N) is 1. The highest BCUT2D eigenvalue weighted by molar-refractivity contribution is 5.71. The number of benzene rings is 1. The molecular formula is C15H19N3. The first-order valence-corrected chi connectivity index (χ1v) is 6.57. The Bertz CT molecular complexity index is 583. The van der Waals surface area contributed by atoms with E-state index >= 15 is 0 Å². The lowest BCUT2D eigenvalue weighted by Crippen LogP contribution is -2.19. The van der Waals surface area contributed by atoms with Crippen LogP contribution in [0, 0.1) is 12.8 Å². The molecule has 0 saturated carbocycles. The first-order chi connectivity index (χ1) is 8.65. The molecule has 0 radical (unpaired) electrons. The summed E-state index contributed by atoms with van der Waals surface area (Å²) in [4.78, 5) is 4.73. The molecule has 0 saturated heterocycles. The molecule has 1 aromatic heterocycles. The van der Waals surface area contributed by atoms with Crippen LogP contribution in [0.15, 0.2) is 24.3 Å². The van der Waals surface area contributed by atoms with Crippen molar-refractivity contribution < 1.29 is 0 Å². The van der Waals surface area contributed by atoms with E-state index in [1.807, 2.05) is 0 Å². The van der Waals surface area contributed by atoms with Crippen LogP contribution < -0.4 is 5.73 Å². The van der Waals surface area contributed by atoms with Crippen LogP contribution in [0.4, 0.5) is 5.82 Å². The molecule has 3 heteroatoms. The molecule has 94 valence electrons. The predicted octanol–water partition coefficient (Wildman–Crippen LogP) is 3.02. The molecular weight excluding hydrogens is 222 g/mol. The summed E-state index contributed by atoms with van der Waals surface area (Å²) in [6.45, 7) is 5.37. The zero-order chi connectivity index (χ0) is 12.7. The SMILES string of the molecule is Cc1cccc(-c2nc3n(c2N)CC(C)CC3)c1. The molecule has 0 spiro atoms. The Morgan fingerprint density at radius 1 is 1.39 bits per heavy atom. The monoisotopic (exact) mass is 241 g/mol. The van der Waals surface area contributed by atoms with Crippen molar-refractivity contribution >= 4 is 5.82 Å². The van der Waals surface area contributed by atoms with Gasteiger partial charge in [0.25, 0.3) is 0 Å². The topological polar surface area (TPSA) is 43.8 Å². The van der Waals surface area contributed by atoms with E-state index in [1.165, 1.54) is 12.0 Å². The van der Waals surface area contributed by atoms with E-state index in [4.69, 9.17) is 10.7 Å². The van der Waals surface area contributed by atoms with Crippen LogP contribution in [-0.2, 0) is 13.0 Å². The minimum atomic E-state index is 0.694. The largest absolute Gasteiger partial charge is 0.383 e. The van der Waals surface area contributed by atoms with Crippen molar-refractivity contribution in [1.29, 1.82) is 0 Å². The van der Waals surface area contributed by atoms with E-state index < -0.39 is 0 Å². The second-order valence-electron chi connectivity index (χ2n) is 5.39. The van der Waals surface area contributed by atoms with Gasteiger partial charge in [-0.15, -0.1) is 0 Å². The number of aromatic nitrogens is 2. The smallest absolute Gasteiger partial charge is 0.131 e. The van der Waals surface area contributed by atoms with Crippen LogP contribution in [0.25, 0.3) is 11.3 Å². The van der Waals surface area contributed by atoms with Crippen molar-refractivity contribution in [3.05, 3.63) is 35.7 Å². The lowest BCUT2D eigenvalue weighted by Gasteiger charge is -2.20. The number of nitrogens with zero attached hydrogens (tertiary/aromatic N) is 2. The number of hydrogen-bond acceptors (Lipinski definition) is 2. The van der Waals surface area contributed by atoms with Gasteiger partial charge in [-0.05, 0) is 25.3 Å². The molecule has 0 fully saturated rings. The summed E-state index contributed by atoms with van der Waals surface area (Å²) in [5.74, 6) is 2.66. The number of fused-ring (bicyclic) bond motifs is 1. The fraction of sp³-hybridized carbons (Fsp3) is 0.400. The van der Waals surface area contributed by atoms with Gasteiger partial charge >= 0.3 is 0 Å². The van der Waals surface area contributed by atoms with Gasteiger partial charge in [0.1, 0.15) is 17.3 Å². The Morgan fingerprint density at radius 2 is 2.22 bits per heavy atom. The third-order valence-electron chi connectivity index (χ3n) is 3.73. The highest BCUT2D eigenvalue weighted by atomic mass is 15.1. The summed E-state index contributed by atoms with van der Waals surface area (Å²) in [5, 5.41) is 0. The third-order valence-corrected chi connectivity index (χ3v) is 3.73. The summed E-state index contributed by atoms with van der Waals surface area (Å²) in [6.07, 6.45) is 2.25. The number of imidazole rings is 1. The van der Waals surface area contributed by atoms with Gasteiger partial charge in [-0.25, -0.2) is 4.98 Å². The van der Waals surface area contributed by atoms with Crippen LogP contribution in [0.2, 0.25) is 0 Å².